The highest BCUT2D eigenvalue weighted by Crippen LogP contribution is 2.12. The van der Waals surface area contributed by atoms with Crippen molar-refractivity contribution in [3.05, 3.63) is 12.2 Å². The summed E-state index contributed by atoms with van der Waals surface area (Å²) in [5, 5.41) is 8.67. The Morgan fingerprint density at radius 3 is 1.42 bits per heavy atom. The molecule has 0 rings (SSSR count). The Morgan fingerprint density at radius 2 is 1.00 bits per heavy atom. The van der Waals surface area contributed by atoms with Crippen molar-refractivity contribution in [2.75, 3.05) is 6.61 Å². The monoisotopic (exact) mass is 268 g/mol. The molecule has 0 saturated heterocycles. The first-order valence-electron chi connectivity index (χ1n) is 8.67. The molecular formula is C18H36O. The normalized spacial score (nSPS) is 11.5. The highest BCUT2D eigenvalue weighted by molar-refractivity contribution is 4.79. The zero-order chi connectivity index (χ0) is 14.0. The van der Waals surface area contributed by atoms with Gasteiger partial charge in [-0.05, 0) is 25.7 Å². The molecule has 0 bridgehead atoms. The average molecular weight is 268 g/mol. The van der Waals surface area contributed by atoms with E-state index in [1.54, 1.807) is 0 Å². The second-order valence-corrected chi connectivity index (χ2v) is 5.63. The first kappa shape index (κ1) is 18.7. The lowest BCUT2D eigenvalue weighted by atomic mass is 10.0. The summed E-state index contributed by atoms with van der Waals surface area (Å²) in [4.78, 5) is 0. The molecule has 0 unspecified atom stereocenters. The SMILES string of the molecule is CC/C=C\CCCCCCCCCCCCCCO. The van der Waals surface area contributed by atoms with Gasteiger partial charge >= 0.3 is 0 Å². The minimum Gasteiger partial charge on any atom is -0.396 e. The molecule has 1 N–H and O–H groups in total. The van der Waals surface area contributed by atoms with Gasteiger partial charge < -0.3 is 5.11 Å². The van der Waals surface area contributed by atoms with E-state index in [4.69, 9.17) is 5.11 Å². The van der Waals surface area contributed by atoms with Crippen LogP contribution in [0.1, 0.15) is 96.8 Å². The van der Waals surface area contributed by atoms with Crippen molar-refractivity contribution in [1.82, 2.24) is 0 Å². The smallest absolute Gasteiger partial charge is 0.0431 e. The second kappa shape index (κ2) is 17.7. The zero-order valence-corrected chi connectivity index (χ0v) is 13.2. The van der Waals surface area contributed by atoms with Crippen LogP contribution in [-0.2, 0) is 0 Å². The van der Waals surface area contributed by atoms with E-state index in [-0.39, 0.29) is 0 Å². The van der Waals surface area contributed by atoms with Crippen molar-refractivity contribution in [1.29, 1.82) is 0 Å². The summed E-state index contributed by atoms with van der Waals surface area (Å²) in [6.45, 7) is 2.57. The maximum atomic E-state index is 8.67. The van der Waals surface area contributed by atoms with Crippen molar-refractivity contribution in [2.45, 2.75) is 96.8 Å². The molecule has 0 aromatic heterocycles. The van der Waals surface area contributed by atoms with Crippen LogP contribution in [0.3, 0.4) is 0 Å². The Morgan fingerprint density at radius 1 is 0.579 bits per heavy atom. The van der Waals surface area contributed by atoms with E-state index >= 15 is 0 Å². The quantitative estimate of drug-likeness (QED) is 0.284. The number of hydrogen-bond acceptors (Lipinski definition) is 1. The van der Waals surface area contributed by atoms with Gasteiger partial charge in [0.15, 0.2) is 0 Å². The minimum absolute atomic E-state index is 0.369. The van der Waals surface area contributed by atoms with Gasteiger partial charge in [0.1, 0.15) is 0 Å². The summed E-state index contributed by atoms with van der Waals surface area (Å²) in [7, 11) is 0. The molecule has 0 fully saturated rings. The molecule has 19 heavy (non-hydrogen) atoms. The average Bonchev–Trinajstić information content (AvgIpc) is 2.43. The molecule has 0 saturated carbocycles. The second-order valence-electron chi connectivity index (χ2n) is 5.63. The van der Waals surface area contributed by atoms with Gasteiger partial charge in [-0.1, -0.05) is 83.3 Å². The molecule has 0 aromatic rings. The molecule has 0 aliphatic carbocycles. The zero-order valence-electron chi connectivity index (χ0n) is 13.2. The molecule has 0 aliphatic heterocycles. The number of rotatable bonds is 15. The molecule has 1 nitrogen and oxygen atoms in total. The van der Waals surface area contributed by atoms with Crippen LogP contribution in [0, 0.1) is 0 Å². The van der Waals surface area contributed by atoms with Crippen molar-refractivity contribution in [3.63, 3.8) is 0 Å². The first-order valence-corrected chi connectivity index (χ1v) is 8.67. The topological polar surface area (TPSA) is 20.2 Å². The van der Waals surface area contributed by atoms with Crippen LogP contribution in [0.25, 0.3) is 0 Å². The minimum atomic E-state index is 0.369. The predicted molar refractivity (Wildman–Crippen MR) is 86.5 cm³/mol. The molecule has 0 aromatic carbocycles. The fourth-order valence-electron chi connectivity index (χ4n) is 2.43. The maximum absolute atomic E-state index is 8.67. The van der Waals surface area contributed by atoms with Crippen LogP contribution in [0.15, 0.2) is 12.2 Å². The van der Waals surface area contributed by atoms with Crippen LogP contribution < -0.4 is 0 Å². The predicted octanol–water partition coefficient (Wildman–Crippen LogP) is 6.02. The fraction of sp³-hybridized carbons (Fsp3) is 0.889. The van der Waals surface area contributed by atoms with Gasteiger partial charge in [0.2, 0.25) is 0 Å². The molecule has 0 heterocycles. The summed E-state index contributed by atoms with van der Waals surface area (Å²) in [6, 6.07) is 0. The van der Waals surface area contributed by atoms with Gasteiger partial charge in [-0.2, -0.15) is 0 Å². The summed E-state index contributed by atoms with van der Waals surface area (Å²) >= 11 is 0. The summed E-state index contributed by atoms with van der Waals surface area (Å²) in [5.41, 5.74) is 0. The summed E-state index contributed by atoms with van der Waals surface area (Å²) in [5.74, 6) is 0. The van der Waals surface area contributed by atoms with Crippen LogP contribution in [0.2, 0.25) is 0 Å². The van der Waals surface area contributed by atoms with E-state index in [1.165, 1.54) is 83.5 Å². The lowest BCUT2D eigenvalue weighted by Crippen LogP contribution is -1.84. The summed E-state index contributed by atoms with van der Waals surface area (Å²) in [6.07, 6.45) is 23.3. The van der Waals surface area contributed by atoms with Crippen molar-refractivity contribution in [3.8, 4) is 0 Å². The van der Waals surface area contributed by atoms with Crippen molar-refractivity contribution >= 4 is 0 Å². The van der Waals surface area contributed by atoms with E-state index in [9.17, 15) is 0 Å². The van der Waals surface area contributed by atoms with Gasteiger partial charge in [-0.15, -0.1) is 0 Å². The van der Waals surface area contributed by atoms with Crippen LogP contribution in [-0.4, -0.2) is 11.7 Å². The van der Waals surface area contributed by atoms with Gasteiger partial charge in [0.05, 0.1) is 0 Å². The number of hydrogen-bond donors (Lipinski definition) is 1. The Balaban J connectivity index is 2.93. The fourth-order valence-corrected chi connectivity index (χ4v) is 2.43. The number of unbranched alkanes of at least 4 members (excludes halogenated alkanes) is 12. The van der Waals surface area contributed by atoms with E-state index in [2.05, 4.69) is 19.1 Å². The van der Waals surface area contributed by atoms with E-state index in [0.717, 1.165) is 6.42 Å². The van der Waals surface area contributed by atoms with Crippen LogP contribution in [0.4, 0.5) is 0 Å². The lowest BCUT2D eigenvalue weighted by Gasteiger charge is -2.02. The van der Waals surface area contributed by atoms with Crippen molar-refractivity contribution in [2.24, 2.45) is 0 Å². The maximum Gasteiger partial charge on any atom is 0.0431 e. The number of allylic oxidation sites excluding steroid dienone is 2. The number of aliphatic hydroxyl groups is 1. The third-order valence-corrected chi connectivity index (χ3v) is 3.68. The third-order valence-electron chi connectivity index (χ3n) is 3.68. The largest absolute Gasteiger partial charge is 0.396 e. The van der Waals surface area contributed by atoms with E-state index in [0.29, 0.717) is 6.61 Å². The van der Waals surface area contributed by atoms with Crippen LogP contribution >= 0.6 is 0 Å². The molecule has 1 heteroatoms. The Kier molecular flexibility index (Phi) is 17.4. The van der Waals surface area contributed by atoms with Gasteiger partial charge in [-0.25, -0.2) is 0 Å². The molecule has 0 aliphatic rings. The van der Waals surface area contributed by atoms with Gasteiger partial charge in [0, 0.05) is 6.61 Å². The lowest BCUT2D eigenvalue weighted by molar-refractivity contribution is 0.282. The van der Waals surface area contributed by atoms with Gasteiger partial charge in [0.25, 0.3) is 0 Å². The summed E-state index contributed by atoms with van der Waals surface area (Å²) < 4.78 is 0. The van der Waals surface area contributed by atoms with Crippen molar-refractivity contribution < 1.29 is 5.11 Å². The Labute approximate surface area is 121 Å². The van der Waals surface area contributed by atoms with Crippen LogP contribution in [0.5, 0.6) is 0 Å². The van der Waals surface area contributed by atoms with Gasteiger partial charge in [-0.3, -0.25) is 0 Å². The molecule has 0 spiro atoms. The number of aliphatic hydroxyl groups excluding tert-OH is 1. The molecular weight excluding hydrogens is 232 g/mol. The van der Waals surface area contributed by atoms with E-state index in [1.807, 2.05) is 0 Å². The molecule has 0 radical (unpaired) electrons. The standard InChI is InChI=1S/C18H36O/c1-2-3-4-5-6-7-8-9-10-11-12-13-14-15-16-17-18-19/h3-4,19H,2,5-18H2,1H3/b4-3-. The highest BCUT2D eigenvalue weighted by Gasteiger charge is 1.93. The molecule has 0 atom stereocenters. The first-order chi connectivity index (χ1) is 9.41. The molecule has 114 valence electrons. The van der Waals surface area contributed by atoms with E-state index < -0.39 is 0 Å². The third kappa shape index (κ3) is 17.7. The Bertz CT molecular complexity index is 175. The highest BCUT2D eigenvalue weighted by atomic mass is 16.2. The molecule has 0 amide bonds. The Hall–Kier alpha value is -0.300.